The Labute approximate surface area is 129 Å². The molecule has 0 radical (unpaired) electrons. The molecule has 21 heavy (non-hydrogen) atoms. The van der Waals surface area contributed by atoms with Gasteiger partial charge in [0, 0.05) is 0 Å². The molecule has 1 rings (SSSR count). The van der Waals surface area contributed by atoms with Crippen molar-refractivity contribution in [3.8, 4) is 0 Å². The zero-order valence-electron chi connectivity index (χ0n) is 13.8. The molecule has 1 N–H and O–H groups in total. The highest BCUT2D eigenvalue weighted by Crippen LogP contribution is 2.36. The molecule has 3 nitrogen and oxygen atoms in total. The standard InChI is InChI=1S/C17H28O3S/c1-13(2)10-11-17(5,12-14(3)4)15-6-8-16(9-7-15)21(18,19)20/h6-9,13-14H,10-12H2,1-5H3,(H,18,19,20). The summed E-state index contributed by atoms with van der Waals surface area (Å²) in [6.45, 7) is 11.1. The van der Waals surface area contributed by atoms with E-state index >= 15 is 0 Å². The molecule has 1 atom stereocenters. The van der Waals surface area contributed by atoms with E-state index in [4.69, 9.17) is 4.55 Å². The maximum atomic E-state index is 11.1. The van der Waals surface area contributed by atoms with Crippen molar-refractivity contribution in [3.05, 3.63) is 29.8 Å². The van der Waals surface area contributed by atoms with E-state index in [1.165, 1.54) is 12.1 Å². The van der Waals surface area contributed by atoms with Crippen LogP contribution >= 0.6 is 0 Å². The number of hydrogen-bond donors (Lipinski definition) is 1. The molecule has 0 bridgehead atoms. The van der Waals surface area contributed by atoms with E-state index < -0.39 is 10.1 Å². The maximum Gasteiger partial charge on any atom is 0.294 e. The minimum absolute atomic E-state index is 0.0379. The van der Waals surface area contributed by atoms with Gasteiger partial charge in [-0.2, -0.15) is 8.42 Å². The summed E-state index contributed by atoms with van der Waals surface area (Å²) >= 11 is 0. The summed E-state index contributed by atoms with van der Waals surface area (Å²) in [4.78, 5) is -0.0398. The van der Waals surface area contributed by atoms with E-state index in [0.29, 0.717) is 11.8 Å². The van der Waals surface area contributed by atoms with Crippen LogP contribution in [0.1, 0.15) is 59.4 Å². The van der Waals surface area contributed by atoms with Crippen molar-refractivity contribution in [1.82, 2.24) is 0 Å². The van der Waals surface area contributed by atoms with Crippen LogP contribution in [0, 0.1) is 11.8 Å². The molecule has 0 spiro atoms. The van der Waals surface area contributed by atoms with E-state index in [2.05, 4.69) is 34.6 Å². The lowest BCUT2D eigenvalue weighted by Crippen LogP contribution is -2.25. The molecule has 0 heterocycles. The van der Waals surface area contributed by atoms with Gasteiger partial charge in [0.15, 0.2) is 0 Å². The molecule has 1 aromatic carbocycles. The van der Waals surface area contributed by atoms with E-state index in [-0.39, 0.29) is 10.3 Å². The molecule has 1 unspecified atom stereocenters. The number of benzene rings is 1. The van der Waals surface area contributed by atoms with Gasteiger partial charge in [-0.3, -0.25) is 4.55 Å². The minimum Gasteiger partial charge on any atom is -0.282 e. The lowest BCUT2D eigenvalue weighted by Gasteiger charge is -2.33. The lowest BCUT2D eigenvalue weighted by molar-refractivity contribution is 0.319. The van der Waals surface area contributed by atoms with Gasteiger partial charge >= 0.3 is 0 Å². The minimum atomic E-state index is -4.11. The Morgan fingerprint density at radius 3 is 1.95 bits per heavy atom. The van der Waals surface area contributed by atoms with Gasteiger partial charge in [-0.05, 0) is 47.8 Å². The van der Waals surface area contributed by atoms with Gasteiger partial charge < -0.3 is 0 Å². The molecule has 0 aliphatic rings. The predicted molar refractivity (Wildman–Crippen MR) is 87.1 cm³/mol. The SMILES string of the molecule is CC(C)CCC(C)(CC(C)C)c1ccc(S(=O)(=O)O)cc1. The molecule has 0 saturated carbocycles. The van der Waals surface area contributed by atoms with Crippen LogP contribution in [0.25, 0.3) is 0 Å². The van der Waals surface area contributed by atoms with Gasteiger partial charge in [-0.25, -0.2) is 0 Å². The van der Waals surface area contributed by atoms with Gasteiger partial charge in [0.1, 0.15) is 0 Å². The van der Waals surface area contributed by atoms with Crippen molar-refractivity contribution >= 4 is 10.1 Å². The molecule has 0 saturated heterocycles. The molecule has 0 aliphatic heterocycles. The Morgan fingerprint density at radius 2 is 1.57 bits per heavy atom. The third-order valence-corrected chi connectivity index (χ3v) is 4.85. The Morgan fingerprint density at radius 1 is 1.05 bits per heavy atom. The van der Waals surface area contributed by atoms with E-state index in [1.54, 1.807) is 0 Å². The fourth-order valence-corrected chi connectivity index (χ4v) is 3.38. The van der Waals surface area contributed by atoms with Crippen LogP contribution in [0.3, 0.4) is 0 Å². The van der Waals surface area contributed by atoms with Crippen LogP contribution in [0.15, 0.2) is 29.2 Å². The smallest absolute Gasteiger partial charge is 0.282 e. The number of hydrogen-bond acceptors (Lipinski definition) is 2. The molecule has 0 fully saturated rings. The van der Waals surface area contributed by atoms with Crippen LogP contribution in [-0.2, 0) is 15.5 Å². The quantitative estimate of drug-likeness (QED) is 0.744. The summed E-state index contributed by atoms with van der Waals surface area (Å²) in [6, 6.07) is 6.68. The average Bonchev–Trinajstić information content (AvgIpc) is 2.35. The van der Waals surface area contributed by atoms with Gasteiger partial charge in [0.2, 0.25) is 0 Å². The molecule has 4 heteroatoms. The maximum absolute atomic E-state index is 11.1. The Hall–Kier alpha value is -0.870. The Kier molecular flexibility index (Phi) is 6.00. The molecule has 0 aromatic heterocycles. The number of rotatable bonds is 7. The first kappa shape index (κ1) is 18.2. The van der Waals surface area contributed by atoms with Crippen LogP contribution in [0.4, 0.5) is 0 Å². The van der Waals surface area contributed by atoms with Crippen molar-refractivity contribution in [3.63, 3.8) is 0 Å². The second-order valence-corrected chi connectivity index (χ2v) is 8.51. The largest absolute Gasteiger partial charge is 0.294 e. The van der Waals surface area contributed by atoms with E-state index in [0.717, 1.165) is 24.8 Å². The molecular weight excluding hydrogens is 284 g/mol. The molecule has 0 amide bonds. The van der Waals surface area contributed by atoms with Crippen LogP contribution < -0.4 is 0 Å². The fraction of sp³-hybridized carbons (Fsp3) is 0.647. The summed E-state index contributed by atoms with van der Waals surface area (Å²) in [7, 11) is -4.11. The van der Waals surface area contributed by atoms with Gasteiger partial charge in [-0.1, -0.05) is 53.2 Å². The van der Waals surface area contributed by atoms with Crippen LogP contribution in [0.2, 0.25) is 0 Å². The normalized spacial score (nSPS) is 15.4. The van der Waals surface area contributed by atoms with Crippen LogP contribution in [-0.4, -0.2) is 13.0 Å². The van der Waals surface area contributed by atoms with Crippen molar-refractivity contribution in [1.29, 1.82) is 0 Å². The third kappa shape index (κ3) is 5.44. The zero-order chi connectivity index (χ0) is 16.3. The molecule has 1 aromatic rings. The predicted octanol–water partition coefficient (Wildman–Crippen LogP) is 4.67. The first-order valence-electron chi connectivity index (χ1n) is 7.62. The first-order valence-corrected chi connectivity index (χ1v) is 9.06. The summed E-state index contributed by atoms with van der Waals surface area (Å²) in [5.41, 5.74) is 1.18. The first-order chi connectivity index (χ1) is 9.54. The monoisotopic (exact) mass is 312 g/mol. The lowest BCUT2D eigenvalue weighted by atomic mass is 9.72. The average molecular weight is 312 g/mol. The summed E-state index contributed by atoms with van der Waals surface area (Å²) in [5.74, 6) is 1.22. The highest BCUT2D eigenvalue weighted by atomic mass is 32.2. The van der Waals surface area contributed by atoms with Gasteiger partial charge in [-0.15, -0.1) is 0 Å². The van der Waals surface area contributed by atoms with Crippen molar-refractivity contribution in [2.75, 3.05) is 0 Å². The highest BCUT2D eigenvalue weighted by Gasteiger charge is 2.28. The van der Waals surface area contributed by atoms with Gasteiger partial charge in [0.05, 0.1) is 4.90 Å². The summed E-state index contributed by atoms with van der Waals surface area (Å²) in [6.07, 6.45) is 3.28. The van der Waals surface area contributed by atoms with E-state index in [1.807, 2.05) is 12.1 Å². The Bertz CT molecular complexity index is 544. The summed E-state index contributed by atoms with van der Waals surface area (Å²) in [5, 5.41) is 0. The van der Waals surface area contributed by atoms with Crippen LogP contribution in [0.5, 0.6) is 0 Å². The second kappa shape index (κ2) is 6.93. The molecular formula is C17H28O3S. The second-order valence-electron chi connectivity index (χ2n) is 7.09. The van der Waals surface area contributed by atoms with E-state index in [9.17, 15) is 8.42 Å². The molecule has 120 valence electrons. The summed E-state index contributed by atoms with van der Waals surface area (Å²) < 4.78 is 31.4. The third-order valence-electron chi connectivity index (χ3n) is 3.98. The zero-order valence-corrected chi connectivity index (χ0v) is 14.6. The van der Waals surface area contributed by atoms with Crippen molar-refractivity contribution in [2.24, 2.45) is 11.8 Å². The molecule has 0 aliphatic carbocycles. The Balaban J connectivity index is 3.08. The fourth-order valence-electron chi connectivity index (χ4n) is 2.90. The topological polar surface area (TPSA) is 54.4 Å². The highest BCUT2D eigenvalue weighted by molar-refractivity contribution is 7.85. The van der Waals surface area contributed by atoms with Gasteiger partial charge in [0.25, 0.3) is 10.1 Å². The van der Waals surface area contributed by atoms with Crippen molar-refractivity contribution in [2.45, 2.75) is 64.2 Å². The van der Waals surface area contributed by atoms with Crippen molar-refractivity contribution < 1.29 is 13.0 Å².